The van der Waals surface area contributed by atoms with E-state index in [-0.39, 0.29) is 18.7 Å². The molecule has 0 aliphatic heterocycles. The summed E-state index contributed by atoms with van der Waals surface area (Å²) in [4.78, 5) is 22.7. The number of carboxylic acid groups (broad SMARTS) is 1. The van der Waals surface area contributed by atoms with Gasteiger partial charge in [-0.1, -0.05) is 19.9 Å². The predicted octanol–water partition coefficient (Wildman–Crippen LogP) is 2.70. The molecule has 5 heteroatoms. The van der Waals surface area contributed by atoms with E-state index in [1.165, 1.54) is 0 Å². The fourth-order valence-electron chi connectivity index (χ4n) is 1.93. The van der Waals surface area contributed by atoms with Crippen LogP contribution in [0, 0.1) is 23.7 Å². The molecule has 0 unspecified atom stereocenters. The Morgan fingerprint density at radius 2 is 2.00 bits per heavy atom. The Balaban J connectivity index is 2.77. The van der Waals surface area contributed by atoms with Gasteiger partial charge in [0, 0.05) is 12.1 Å². The minimum atomic E-state index is -0.926. The summed E-state index contributed by atoms with van der Waals surface area (Å²) < 4.78 is 0. The molecular weight excluding hydrogens is 256 g/mol. The number of anilines is 1. The zero-order valence-electron chi connectivity index (χ0n) is 11.9. The first-order chi connectivity index (χ1) is 9.23. The Labute approximate surface area is 118 Å². The van der Waals surface area contributed by atoms with Crippen molar-refractivity contribution in [2.24, 2.45) is 5.41 Å². The van der Waals surface area contributed by atoms with Crippen LogP contribution in [0.25, 0.3) is 0 Å². The number of benzene rings is 1. The maximum atomic E-state index is 12.0. The summed E-state index contributed by atoms with van der Waals surface area (Å²) in [7, 11) is 0. The van der Waals surface area contributed by atoms with Gasteiger partial charge < -0.3 is 10.4 Å². The molecule has 1 amide bonds. The van der Waals surface area contributed by atoms with Crippen LogP contribution in [-0.2, 0) is 9.59 Å². The van der Waals surface area contributed by atoms with Gasteiger partial charge in [-0.15, -0.1) is 0 Å². The number of carboxylic acids is 1. The average molecular weight is 274 g/mol. The highest BCUT2D eigenvalue weighted by Gasteiger charge is 2.25. The topological polar surface area (TPSA) is 90.2 Å². The number of amides is 1. The van der Waals surface area contributed by atoms with E-state index in [0.29, 0.717) is 11.3 Å². The summed E-state index contributed by atoms with van der Waals surface area (Å²) in [6.07, 6.45) is 0.0349. The van der Waals surface area contributed by atoms with E-state index in [1.54, 1.807) is 32.0 Å². The summed E-state index contributed by atoms with van der Waals surface area (Å²) in [6, 6.07) is 7.06. The van der Waals surface area contributed by atoms with Crippen molar-refractivity contribution in [3.05, 3.63) is 29.3 Å². The molecule has 0 saturated heterocycles. The fraction of sp³-hybridized carbons (Fsp3) is 0.400. The molecule has 0 aliphatic rings. The van der Waals surface area contributed by atoms with Crippen molar-refractivity contribution in [1.82, 2.24) is 0 Å². The van der Waals surface area contributed by atoms with Crippen LogP contribution in [0.4, 0.5) is 5.69 Å². The predicted molar refractivity (Wildman–Crippen MR) is 75.2 cm³/mol. The minimum Gasteiger partial charge on any atom is -0.481 e. The van der Waals surface area contributed by atoms with Crippen LogP contribution in [-0.4, -0.2) is 17.0 Å². The Morgan fingerprint density at radius 3 is 2.55 bits per heavy atom. The van der Waals surface area contributed by atoms with Crippen molar-refractivity contribution >= 4 is 17.6 Å². The lowest BCUT2D eigenvalue weighted by atomic mass is 9.85. The van der Waals surface area contributed by atoms with Crippen molar-refractivity contribution in [3.8, 4) is 6.07 Å². The van der Waals surface area contributed by atoms with Crippen LogP contribution < -0.4 is 5.32 Å². The standard InChI is InChI=1S/C15H18N2O3/c1-10-4-5-11(9-16)6-12(10)17-13(18)7-15(2,3)8-14(19)20/h4-6H,7-8H2,1-3H3,(H,17,18)(H,19,20). The lowest BCUT2D eigenvalue weighted by Crippen LogP contribution is -2.25. The van der Waals surface area contributed by atoms with Crippen LogP contribution in [0.5, 0.6) is 0 Å². The summed E-state index contributed by atoms with van der Waals surface area (Å²) in [6.45, 7) is 5.30. The van der Waals surface area contributed by atoms with Crippen LogP contribution in [0.15, 0.2) is 18.2 Å². The Kier molecular flexibility index (Phi) is 4.87. The summed E-state index contributed by atoms with van der Waals surface area (Å²) in [5.41, 5.74) is 1.29. The number of rotatable bonds is 5. The van der Waals surface area contributed by atoms with E-state index in [2.05, 4.69) is 5.32 Å². The lowest BCUT2D eigenvalue weighted by Gasteiger charge is -2.21. The van der Waals surface area contributed by atoms with Crippen molar-refractivity contribution in [2.45, 2.75) is 33.6 Å². The highest BCUT2D eigenvalue weighted by atomic mass is 16.4. The van der Waals surface area contributed by atoms with Crippen molar-refractivity contribution in [1.29, 1.82) is 5.26 Å². The van der Waals surface area contributed by atoms with E-state index in [9.17, 15) is 9.59 Å². The van der Waals surface area contributed by atoms with Gasteiger partial charge in [0.15, 0.2) is 0 Å². The zero-order valence-corrected chi connectivity index (χ0v) is 11.9. The van der Waals surface area contributed by atoms with Gasteiger partial charge in [-0.05, 0) is 30.0 Å². The van der Waals surface area contributed by atoms with Crippen molar-refractivity contribution < 1.29 is 14.7 Å². The SMILES string of the molecule is Cc1ccc(C#N)cc1NC(=O)CC(C)(C)CC(=O)O. The summed E-state index contributed by atoms with van der Waals surface area (Å²) in [5, 5.41) is 20.4. The van der Waals surface area contributed by atoms with E-state index < -0.39 is 11.4 Å². The normalized spacial score (nSPS) is 10.7. The first-order valence-corrected chi connectivity index (χ1v) is 6.26. The first-order valence-electron chi connectivity index (χ1n) is 6.26. The van der Waals surface area contributed by atoms with Crippen molar-refractivity contribution in [3.63, 3.8) is 0 Å². The zero-order chi connectivity index (χ0) is 15.3. The van der Waals surface area contributed by atoms with Crippen LogP contribution in [0.3, 0.4) is 0 Å². The molecule has 0 radical (unpaired) electrons. The molecule has 20 heavy (non-hydrogen) atoms. The number of hydrogen-bond acceptors (Lipinski definition) is 3. The van der Waals surface area contributed by atoms with Gasteiger partial charge >= 0.3 is 5.97 Å². The minimum absolute atomic E-state index is 0.0718. The van der Waals surface area contributed by atoms with Gasteiger partial charge in [-0.25, -0.2) is 0 Å². The maximum absolute atomic E-state index is 12.0. The Bertz CT molecular complexity index is 571. The second-order valence-corrected chi connectivity index (χ2v) is 5.60. The van der Waals surface area contributed by atoms with Crippen LogP contribution in [0.2, 0.25) is 0 Å². The lowest BCUT2D eigenvalue weighted by molar-refractivity contribution is -0.139. The summed E-state index contributed by atoms with van der Waals surface area (Å²) in [5.74, 6) is -1.18. The van der Waals surface area contributed by atoms with Gasteiger partial charge in [0.25, 0.3) is 0 Å². The third-order valence-corrected chi connectivity index (χ3v) is 2.91. The van der Waals surface area contributed by atoms with Gasteiger partial charge in [-0.2, -0.15) is 5.26 Å². The molecule has 2 N–H and O–H groups in total. The molecule has 1 rings (SSSR count). The molecule has 0 fully saturated rings. The number of hydrogen-bond donors (Lipinski definition) is 2. The monoisotopic (exact) mass is 274 g/mol. The third kappa shape index (κ3) is 4.73. The molecule has 106 valence electrons. The maximum Gasteiger partial charge on any atom is 0.303 e. The van der Waals surface area contributed by atoms with Gasteiger partial charge in [0.1, 0.15) is 0 Å². The molecule has 1 aromatic carbocycles. The van der Waals surface area contributed by atoms with Crippen molar-refractivity contribution in [2.75, 3.05) is 5.32 Å². The second kappa shape index (κ2) is 6.20. The van der Waals surface area contributed by atoms with Gasteiger partial charge in [-0.3, -0.25) is 9.59 Å². The van der Waals surface area contributed by atoms with Gasteiger partial charge in [0.05, 0.1) is 18.1 Å². The highest BCUT2D eigenvalue weighted by Crippen LogP contribution is 2.26. The molecule has 0 aromatic heterocycles. The molecule has 1 aromatic rings. The van der Waals surface area contributed by atoms with E-state index in [4.69, 9.17) is 10.4 Å². The number of aliphatic carboxylic acids is 1. The Hall–Kier alpha value is -2.35. The second-order valence-electron chi connectivity index (χ2n) is 5.60. The number of carbonyl (C=O) groups excluding carboxylic acids is 1. The fourth-order valence-corrected chi connectivity index (χ4v) is 1.93. The number of nitriles is 1. The van der Waals surface area contributed by atoms with Crippen LogP contribution >= 0.6 is 0 Å². The largest absolute Gasteiger partial charge is 0.481 e. The number of aryl methyl sites for hydroxylation is 1. The smallest absolute Gasteiger partial charge is 0.303 e. The third-order valence-electron chi connectivity index (χ3n) is 2.91. The number of nitrogens with zero attached hydrogens (tertiary/aromatic N) is 1. The molecule has 0 atom stereocenters. The molecule has 0 spiro atoms. The van der Waals surface area contributed by atoms with Gasteiger partial charge in [0.2, 0.25) is 5.91 Å². The average Bonchev–Trinajstić information content (AvgIpc) is 2.29. The number of carbonyl (C=O) groups is 2. The summed E-state index contributed by atoms with van der Waals surface area (Å²) >= 11 is 0. The first kappa shape index (κ1) is 15.7. The molecule has 0 saturated carbocycles. The molecule has 0 bridgehead atoms. The van der Waals surface area contributed by atoms with Crippen LogP contribution in [0.1, 0.15) is 37.8 Å². The molecule has 5 nitrogen and oxygen atoms in total. The number of nitrogens with one attached hydrogen (secondary N) is 1. The molecule has 0 aliphatic carbocycles. The quantitative estimate of drug-likeness (QED) is 0.863. The van der Waals surface area contributed by atoms with E-state index in [1.807, 2.05) is 13.0 Å². The van der Waals surface area contributed by atoms with E-state index in [0.717, 1.165) is 5.56 Å². The highest BCUT2D eigenvalue weighted by molar-refractivity contribution is 5.92. The Morgan fingerprint density at radius 1 is 1.35 bits per heavy atom. The molecular formula is C15H18N2O3. The van der Waals surface area contributed by atoms with E-state index >= 15 is 0 Å². The molecule has 0 heterocycles.